The Kier molecular flexibility index (Phi) is 5.15. The Morgan fingerprint density at radius 3 is 2.71 bits per heavy atom. The van der Waals surface area contributed by atoms with Crippen molar-refractivity contribution < 1.29 is 4.79 Å². The number of rotatable bonds is 3. The smallest absolute Gasteiger partial charge is 0.321 e. The average molecular weight is 346 g/mol. The standard InChI is InChI=1S/C17H20ClN5O/c1-12-10-16(20-11-19-12)21-13-6-8-23(9-7-13)17(24)22-15-5-3-2-4-14(15)18/h2-5,10-11,13H,6-9H2,1H3,(H,22,24)(H,19,20,21). The molecule has 1 saturated heterocycles. The molecule has 1 aliphatic rings. The molecule has 0 atom stereocenters. The van der Waals surface area contributed by atoms with Crippen molar-refractivity contribution in [3.05, 3.63) is 47.4 Å². The highest BCUT2D eigenvalue weighted by molar-refractivity contribution is 6.33. The third kappa shape index (κ3) is 4.14. The van der Waals surface area contributed by atoms with Crippen molar-refractivity contribution >= 4 is 29.1 Å². The van der Waals surface area contributed by atoms with Crippen LogP contribution < -0.4 is 10.6 Å². The molecule has 1 fully saturated rings. The molecule has 3 rings (SSSR count). The van der Waals surface area contributed by atoms with Crippen molar-refractivity contribution in [2.75, 3.05) is 23.7 Å². The highest BCUT2D eigenvalue weighted by atomic mass is 35.5. The first-order valence-electron chi connectivity index (χ1n) is 7.97. The van der Waals surface area contributed by atoms with Crippen LogP contribution in [0.1, 0.15) is 18.5 Å². The van der Waals surface area contributed by atoms with E-state index in [1.807, 2.05) is 30.0 Å². The number of amides is 2. The largest absolute Gasteiger partial charge is 0.367 e. The zero-order valence-electron chi connectivity index (χ0n) is 13.5. The van der Waals surface area contributed by atoms with E-state index in [9.17, 15) is 4.79 Å². The third-order valence-electron chi connectivity index (χ3n) is 4.05. The summed E-state index contributed by atoms with van der Waals surface area (Å²) < 4.78 is 0. The van der Waals surface area contributed by atoms with Crippen LogP contribution in [-0.4, -0.2) is 40.0 Å². The van der Waals surface area contributed by atoms with E-state index in [1.165, 1.54) is 0 Å². The molecule has 0 saturated carbocycles. The normalized spacial score (nSPS) is 15.2. The molecule has 1 aliphatic heterocycles. The van der Waals surface area contributed by atoms with Crippen molar-refractivity contribution in [2.24, 2.45) is 0 Å². The molecule has 0 bridgehead atoms. The summed E-state index contributed by atoms with van der Waals surface area (Å²) in [4.78, 5) is 22.5. The van der Waals surface area contributed by atoms with E-state index in [0.717, 1.165) is 24.4 Å². The first kappa shape index (κ1) is 16.5. The maximum absolute atomic E-state index is 12.3. The van der Waals surface area contributed by atoms with Gasteiger partial charge in [-0.15, -0.1) is 0 Å². The van der Waals surface area contributed by atoms with E-state index >= 15 is 0 Å². The lowest BCUT2D eigenvalue weighted by Crippen LogP contribution is -2.44. The van der Waals surface area contributed by atoms with E-state index in [0.29, 0.717) is 29.8 Å². The molecule has 6 nitrogen and oxygen atoms in total. The lowest BCUT2D eigenvalue weighted by molar-refractivity contribution is 0.197. The number of carbonyl (C=O) groups excluding carboxylic acids is 1. The molecule has 0 aliphatic carbocycles. The fourth-order valence-electron chi connectivity index (χ4n) is 2.73. The number of para-hydroxylation sites is 1. The van der Waals surface area contributed by atoms with Crippen LogP contribution in [0.15, 0.2) is 36.7 Å². The predicted molar refractivity (Wildman–Crippen MR) is 95.5 cm³/mol. The van der Waals surface area contributed by atoms with E-state index < -0.39 is 0 Å². The van der Waals surface area contributed by atoms with Crippen molar-refractivity contribution in [3.63, 3.8) is 0 Å². The Bertz CT molecular complexity index is 716. The second-order valence-corrected chi connectivity index (χ2v) is 6.27. The Morgan fingerprint density at radius 1 is 1.25 bits per heavy atom. The van der Waals surface area contributed by atoms with E-state index in [4.69, 9.17) is 11.6 Å². The van der Waals surface area contributed by atoms with Crippen LogP contribution in [0, 0.1) is 6.92 Å². The molecule has 126 valence electrons. The lowest BCUT2D eigenvalue weighted by Gasteiger charge is -2.32. The molecule has 7 heteroatoms. The number of nitrogens with one attached hydrogen (secondary N) is 2. The summed E-state index contributed by atoms with van der Waals surface area (Å²) in [6, 6.07) is 9.37. The molecule has 1 aromatic carbocycles. The number of benzene rings is 1. The van der Waals surface area contributed by atoms with Gasteiger partial charge in [0.25, 0.3) is 0 Å². The maximum atomic E-state index is 12.3. The number of aromatic nitrogens is 2. The van der Waals surface area contributed by atoms with Gasteiger partial charge in [0.15, 0.2) is 0 Å². The van der Waals surface area contributed by atoms with Crippen LogP contribution in [0.25, 0.3) is 0 Å². The predicted octanol–water partition coefficient (Wildman–Crippen LogP) is 3.55. The highest BCUT2D eigenvalue weighted by Gasteiger charge is 2.23. The summed E-state index contributed by atoms with van der Waals surface area (Å²) in [5.74, 6) is 0.835. The molecular weight excluding hydrogens is 326 g/mol. The molecule has 0 spiro atoms. The Morgan fingerprint density at radius 2 is 2.00 bits per heavy atom. The number of piperidine rings is 1. The number of aryl methyl sites for hydroxylation is 1. The SMILES string of the molecule is Cc1cc(NC2CCN(C(=O)Nc3ccccc3Cl)CC2)ncn1. The minimum Gasteiger partial charge on any atom is -0.367 e. The van der Waals surface area contributed by atoms with Gasteiger partial charge in [0.05, 0.1) is 10.7 Å². The monoisotopic (exact) mass is 345 g/mol. The van der Waals surface area contributed by atoms with Crippen molar-refractivity contribution in [3.8, 4) is 0 Å². The van der Waals surface area contributed by atoms with Gasteiger partial charge >= 0.3 is 6.03 Å². The molecule has 2 aromatic rings. The topological polar surface area (TPSA) is 70.2 Å². The van der Waals surface area contributed by atoms with Crippen molar-refractivity contribution in [1.82, 2.24) is 14.9 Å². The van der Waals surface area contributed by atoms with Crippen molar-refractivity contribution in [1.29, 1.82) is 0 Å². The lowest BCUT2D eigenvalue weighted by atomic mass is 10.1. The van der Waals surface area contributed by atoms with Gasteiger partial charge in [0.1, 0.15) is 12.1 Å². The summed E-state index contributed by atoms with van der Waals surface area (Å²) in [5.41, 5.74) is 1.57. The molecule has 0 radical (unpaired) electrons. The number of likely N-dealkylation sites (tertiary alicyclic amines) is 1. The first-order chi connectivity index (χ1) is 11.6. The number of anilines is 2. The van der Waals surface area contributed by atoms with Crippen LogP contribution in [-0.2, 0) is 0 Å². The fraction of sp³-hybridized carbons (Fsp3) is 0.353. The summed E-state index contributed by atoms with van der Waals surface area (Å²) in [6.45, 7) is 3.32. The number of nitrogens with zero attached hydrogens (tertiary/aromatic N) is 3. The molecule has 0 unspecified atom stereocenters. The Labute approximate surface area is 146 Å². The van der Waals surface area contributed by atoms with Gasteiger partial charge in [-0.25, -0.2) is 14.8 Å². The molecule has 24 heavy (non-hydrogen) atoms. The summed E-state index contributed by atoms with van der Waals surface area (Å²) >= 11 is 6.08. The zero-order chi connectivity index (χ0) is 16.9. The summed E-state index contributed by atoms with van der Waals surface area (Å²) in [7, 11) is 0. The molecule has 2 N–H and O–H groups in total. The molecule has 1 aromatic heterocycles. The van der Waals surface area contributed by atoms with Crippen LogP contribution in [0.4, 0.5) is 16.3 Å². The Hall–Kier alpha value is -2.34. The second-order valence-electron chi connectivity index (χ2n) is 5.86. The summed E-state index contributed by atoms with van der Waals surface area (Å²) in [6.07, 6.45) is 3.31. The highest BCUT2D eigenvalue weighted by Crippen LogP contribution is 2.22. The number of carbonyl (C=O) groups is 1. The van der Waals surface area contributed by atoms with E-state index in [-0.39, 0.29) is 6.03 Å². The van der Waals surface area contributed by atoms with Gasteiger partial charge < -0.3 is 15.5 Å². The van der Waals surface area contributed by atoms with Crippen LogP contribution >= 0.6 is 11.6 Å². The van der Waals surface area contributed by atoms with Gasteiger partial charge in [-0.3, -0.25) is 0 Å². The van der Waals surface area contributed by atoms with E-state index in [1.54, 1.807) is 18.5 Å². The van der Waals surface area contributed by atoms with Gasteiger partial charge in [-0.2, -0.15) is 0 Å². The Balaban J connectivity index is 1.51. The van der Waals surface area contributed by atoms with Crippen LogP contribution in [0.2, 0.25) is 5.02 Å². The van der Waals surface area contributed by atoms with Gasteiger partial charge in [0.2, 0.25) is 0 Å². The number of halogens is 1. The first-order valence-corrected chi connectivity index (χ1v) is 8.35. The minimum atomic E-state index is -0.112. The maximum Gasteiger partial charge on any atom is 0.321 e. The van der Waals surface area contributed by atoms with Gasteiger partial charge in [-0.05, 0) is 31.9 Å². The molecule has 2 amide bonds. The number of urea groups is 1. The van der Waals surface area contributed by atoms with Gasteiger partial charge in [-0.1, -0.05) is 23.7 Å². The third-order valence-corrected chi connectivity index (χ3v) is 4.38. The fourth-order valence-corrected chi connectivity index (χ4v) is 2.91. The van der Waals surface area contributed by atoms with Crippen LogP contribution in [0.3, 0.4) is 0 Å². The van der Waals surface area contributed by atoms with Gasteiger partial charge in [0, 0.05) is 30.9 Å². The average Bonchev–Trinajstić information content (AvgIpc) is 2.57. The summed E-state index contributed by atoms with van der Waals surface area (Å²) in [5, 5.41) is 6.82. The zero-order valence-corrected chi connectivity index (χ0v) is 14.3. The quantitative estimate of drug-likeness (QED) is 0.892. The van der Waals surface area contributed by atoms with E-state index in [2.05, 4.69) is 20.6 Å². The minimum absolute atomic E-state index is 0.112. The van der Waals surface area contributed by atoms with Crippen molar-refractivity contribution in [2.45, 2.75) is 25.8 Å². The number of hydrogen-bond acceptors (Lipinski definition) is 4. The van der Waals surface area contributed by atoms with Crippen LogP contribution in [0.5, 0.6) is 0 Å². The number of hydrogen-bond donors (Lipinski definition) is 2. The molecular formula is C17H20ClN5O. The molecule has 2 heterocycles. The second kappa shape index (κ2) is 7.49.